The van der Waals surface area contributed by atoms with Gasteiger partial charge in [0.15, 0.2) is 0 Å². The Balaban J connectivity index is 2.42. The molecule has 0 bridgehead atoms. The maximum Gasteiger partial charge on any atom is 0.323 e. The summed E-state index contributed by atoms with van der Waals surface area (Å²) in [5.41, 5.74) is 0. The summed E-state index contributed by atoms with van der Waals surface area (Å²) in [5, 5.41) is 5.99. The van der Waals surface area contributed by atoms with Gasteiger partial charge in [0.2, 0.25) is 11.9 Å². The predicted molar refractivity (Wildman–Crippen MR) is 79.4 cm³/mol. The Labute approximate surface area is 120 Å². The molecule has 1 rings (SSSR count). The van der Waals surface area contributed by atoms with Crippen LogP contribution in [-0.4, -0.2) is 48.4 Å². The highest BCUT2D eigenvalue weighted by Crippen LogP contribution is 2.10. The van der Waals surface area contributed by atoms with Crippen LogP contribution in [0.3, 0.4) is 0 Å². The van der Waals surface area contributed by atoms with Gasteiger partial charge in [-0.2, -0.15) is 15.0 Å². The molecule has 0 amide bonds. The minimum absolute atomic E-state index is 0.334. The third-order valence-corrected chi connectivity index (χ3v) is 2.45. The monoisotopic (exact) mass is 283 g/mol. The van der Waals surface area contributed by atoms with Crippen molar-refractivity contribution in [2.75, 3.05) is 44.0 Å². The fourth-order valence-electron chi connectivity index (χ4n) is 1.39. The lowest BCUT2D eigenvalue weighted by Gasteiger charge is -2.09. The number of rotatable bonds is 11. The molecule has 0 fully saturated rings. The largest absolute Gasteiger partial charge is 0.463 e. The van der Waals surface area contributed by atoms with Gasteiger partial charge in [-0.15, -0.1) is 0 Å². The molecular formula is C13H25N5O2. The van der Waals surface area contributed by atoms with E-state index in [4.69, 9.17) is 9.47 Å². The quantitative estimate of drug-likeness (QED) is 0.600. The lowest BCUT2D eigenvalue weighted by molar-refractivity contribution is 0.141. The first-order chi connectivity index (χ1) is 9.80. The number of ether oxygens (including phenoxy) is 2. The van der Waals surface area contributed by atoms with Gasteiger partial charge in [0.05, 0.1) is 13.2 Å². The zero-order valence-corrected chi connectivity index (χ0v) is 12.6. The summed E-state index contributed by atoms with van der Waals surface area (Å²) in [5.74, 6) is 0.982. The second kappa shape index (κ2) is 10.2. The van der Waals surface area contributed by atoms with Crippen molar-refractivity contribution in [2.24, 2.45) is 0 Å². The molecular weight excluding hydrogens is 258 g/mol. The summed E-state index contributed by atoms with van der Waals surface area (Å²) in [7, 11) is 1.76. The molecule has 114 valence electrons. The topological polar surface area (TPSA) is 81.2 Å². The van der Waals surface area contributed by atoms with Gasteiger partial charge in [-0.1, -0.05) is 20.3 Å². The number of hydrogen-bond acceptors (Lipinski definition) is 7. The third-order valence-electron chi connectivity index (χ3n) is 2.45. The summed E-state index contributed by atoms with van der Waals surface area (Å²) in [6, 6.07) is 0.334. The van der Waals surface area contributed by atoms with Crippen LogP contribution >= 0.6 is 0 Å². The molecule has 0 aromatic carbocycles. The van der Waals surface area contributed by atoms with E-state index in [9.17, 15) is 0 Å². The Kier molecular flexibility index (Phi) is 8.37. The predicted octanol–water partition coefficient (Wildman–Crippen LogP) is 1.93. The van der Waals surface area contributed by atoms with Crippen molar-refractivity contribution in [1.29, 1.82) is 0 Å². The van der Waals surface area contributed by atoms with Crippen molar-refractivity contribution in [2.45, 2.75) is 33.1 Å². The average molecular weight is 283 g/mol. The molecule has 7 heteroatoms. The van der Waals surface area contributed by atoms with E-state index >= 15 is 0 Å². The molecule has 0 aliphatic heterocycles. The van der Waals surface area contributed by atoms with E-state index in [0.717, 1.165) is 25.9 Å². The van der Waals surface area contributed by atoms with Crippen LogP contribution in [0.1, 0.15) is 33.1 Å². The maximum absolute atomic E-state index is 5.47. The van der Waals surface area contributed by atoms with Gasteiger partial charge in [-0.25, -0.2) is 0 Å². The van der Waals surface area contributed by atoms with Crippen molar-refractivity contribution < 1.29 is 9.47 Å². The van der Waals surface area contributed by atoms with Crippen molar-refractivity contribution in [3.05, 3.63) is 0 Å². The van der Waals surface area contributed by atoms with E-state index in [1.54, 1.807) is 7.05 Å². The highest BCUT2D eigenvalue weighted by atomic mass is 16.5. The Morgan fingerprint density at radius 2 is 1.75 bits per heavy atom. The normalized spacial score (nSPS) is 10.3. The molecule has 1 heterocycles. The first-order valence-electron chi connectivity index (χ1n) is 7.18. The van der Waals surface area contributed by atoms with E-state index in [0.29, 0.717) is 37.7 Å². The Hall–Kier alpha value is -1.63. The lowest BCUT2D eigenvalue weighted by atomic mass is 10.4. The minimum Gasteiger partial charge on any atom is -0.463 e. The van der Waals surface area contributed by atoms with Crippen molar-refractivity contribution in [3.63, 3.8) is 0 Å². The first kappa shape index (κ1) is 16.4. The second-order valence-electron chi connectivity index (χ2n) is 4.26. The number of anilines is 2. The zero-order chi connectivity index (χ0) is 14.6. The summed E-state index contributed by atoms with van der Waals surface area (Å²) in [4.78, 5) is 12.5. The molecule has 2 N–H and O–H groups in total. The van der Waals surface area contributed by atoms with Gasteiger partial charge < -0.3 is 20.1 Å². The molecule has 0 aliphatic rings. The highest BCUT2D eigenvalue weighted by molar-refractivity contribution is 5.35. The number of unbranched alkanes of at least 4 members (excludes halogenated alkanes) is 1. The number of aromatic nitrogens is 3. The maximum atomic E-state index is 5.47. The minimum atomic E-state index is 0.334. The van der Waals surface area contributed by atoms with Crippen LogP contribution in [0.25, 0.3) is 0 Å². The Morgan fingerprint density at radius 1 is 0.950 bits per heavy atom. The Bertz CT molecular complexity index is 376. The summed E-state index contributed by atoms with van der Waals surface area (Å²) >= 11 is 0. The van der Waals surface area contributed by atoms with E-state index < -0.39 is 0 Å². The summed E-state index contributed by atoms with van der Waals surface area (Å²) < 4.78 is 10.9. The number of hydrogen-bond donors (Lipinski definition) is 2. The second-order valence-corrected chi connectivity index (χ2v) is 4.26. The van der Waals surface area contributed by atoms with Crippen LogP contribution in [-0.2, 0) is 4.74 Å². The van der Waals surface area contributed by atoms with Gasteiger partial charge in [-0.05, 0) is 12.8 Å². The molecule has 0 unspecified atom stereocenters. The van der Waals surface area contributed by atoms with Gasteiger partial charge in [-0.3, -0.25) is 0 Å². The van der Waals surface area contributed by atoms with Gasteiger partial charge in [0, 0.05) is 20.2 Å². The van der Waals surface area contributed by atoms with Crippen molar-refractivity contribution in [3.8, 4) is 6.01 Å². The van der Waals surface area contributed by atoms with Crippen LogP contribution in [0, 0.1) is 0 Å². The van der Waals surface area contributed by atoms with Crippen LogP contribution in [0.15, 0.2) is 0 Å². The molecule has 0 saturated carbocycles. The summed E-state index contributed by atoms with van der Waals surface area (Å²) in [6.45, 7) is 6.85. The van der Waals surface area contributed by atoms with Gasteiger partial charge in [0.25, 0.3) is 0 Å². The molecule has 7 nitrogen and oxygen atoms in total. The smallest absolute Gasteiger partial charge is 0.323 e. The molecule has 0 atom stereocenters. The van der Waals surface area contributed by atoms with E-state index in [-0.39, 0.29) is 0 Å². The molecule has 1 aromatic heterocycles. The van der Waals surface area contributed by atoms with Gasteiger partial charge >= 0.3 is 6.01 Å². The van der Waals surface area contributed by atoms with E-state index in [2.05, 4.69) is 32.5 Å². The Morgan fingerprint density at radius 3 is 2.45 bits per heavy atom. The standard InChI is InChI=1S/C13H25N5O2/c1-4-6-9-19-10-7-15-12-16-11(14-3)17-13(18-12)20-8-5-2/h4-10H2,1-3H3,(H2,14,15,16,17,18). The molecule has 0 aliphatic carbocycles. The van der Waals surface area contributed by atoms with E-state index in [1.807, 2.05) is 6.92 Å². The molecule has 0 saturated heterocycles. The molecule has 0 spiro atoms. The highest BCUT2D eigenvalue weighted by Gasteiger charge is 2.05. The van der Waals surface area contributed by atoms with Crippen molar-refractivity contribution in [1.82, 2.24) is 15.0 Å². The SMILES string of the molecule is CCCCOCCNc1nc(NC)nc(OCCC)n1. The average Bonchev–Trinajstić information content (AvgIpc) is 2.48. The fraction of sp³-hybridized carbons (Fsp3) is 0.769. The zero-order valence-electron chi connectivity index (χ0n) is 12.6. The van der Waals surface area contributed by atoms with Crippen LogP contribution in [0.4, 0.5) is 11.9 Å². The first-order valence-corrected chi connectivity index (χ1v) is 7.18. The van der Waals surface area contributed by atoms with Crippen LogP contribution < -0.4 is 15.4 Å². The van der Waals surface area contributed by atoms with Crippen LogP contribution in [0.5, 0.6) is 6.01 Å². The third kappa shape index (κ3) is 6.51. The lowest BCUT2D eigenvalue weighted by Crippen LogP contribution is -2.14. The van der Waals surface area contributed by atoms with Crippen molar-refractivity contribution >= 4 is 11.9 Å². The molecule has 0 radical (unpaired) electrons. The molecule has 1 aromatic rings. The molecule has 20 heavy (non-hydrogen) atoms. The van der Waals surface area contributed by atoms with Crippen LogP contribution in [0.2, 0.25) is 0 Å². The van der Waals surface area contributed by atoms with E-state index in [1.165, 1.54) is 0 Å². The number of nitrogens with one attached hydrogen (secondary N) is 2. The number of nitrogens with zero attached hydrogens (tertiary/aromatic N) is 3. The summed E-state index contributed by atoms with van der Waals surface area (Å²) in [6.07, 6.45) is 3.14. The fourth-order valence-corrected chi connectivity index (χ4v) is 1.39. The van der Waals surface area contributed by atoms with Gasteiger partial charge in [0.1, 0.15) is 0 Å².